The predicted octanol–water partition coefficient (Wildman–Crippen LogP) is 4.08. The van der Waals surface area contributed by atoms with Gasteiger partial charge in [-0.15, -0.1) is 6.58 Å². The molecule has 7 nitrogen and oxygen atoms in total. The number of ether oxygens (including phenoxy) is 3. The normalized spacial score (nSPS) is 31.7. The molecular formula is C28H38N2O5. The first-order valence-electron chi connectivity index (χ1n) is 12.6. The fourth-order valence-corrected chi connectivity index (χ4v) is 5.36. The molecule has 1 unspecified atom stereocenters. The van der Waals surface area contributed by atoms with Crippen LogP contribution in [0.1, 0.15) is 52.0 Å². The molecule has 4 rings (SSSR count). The zero-order chi connectivity index (χ0) is 25.1. The molecule has 0 radical (unpaired) electrons. The van der Waals surface area contributed by atoms with Crippen molar-refractivity contribution in [2.75, 3.05) is 13.2 Å². The van der Waals surface area contributed by atoms with Crippen molar-refractivity contribution in [1.29, 1.82) is 0 Å². The number of rotatable bonds is 10. The van der Waals surface area contributed by atoms with Crippen LogP contribution in [0.25, 0.3) is 0 Å². The van der Waals surface area contributed by atoms with Crippen molar-refractivity contribution in [1.82, 2.24) is 10.6 Å². The lowest BCUT2D eigenvalue weighted by molar-refractivity contribution is -0.122. The van der Waals surface area contributed by atoms with E-state index in [1.165, 1.54) is 5.57 Å². The van der Waals surface area contributed by atoms with Gasteiger partial charge in [0, 0.05) is 18.9 Å². The van der Waals surface area contributed by atoms with Gasteiger partial charge in [-0.25, -0.2) is 4.79 Å². The smallest absolute Gasteiger partial charge is 0.408 e. The highest BCUT2D eigenvalue weighted by Gasteiger charge is 2.68. The largest absolute Gasteiger partial charge is 0.446 e. The van der Waals surface area contributed by atoms with Crippen molar-refractivity contribution < 1.29 is 23.8 Å². The number of alkyl carbamates (subject to hydrolysis) is 1. The number of allylic oxidation sites excluding steroid dienone is 1. The van der Waals surface area contributed by atoms with Crippen molar-refractivity contribution in [3.63, 3.8) is 0 Å². The molecule has 1 spiro atoms. The third kappa shape index (κ3) is 6.14. The van der Waals surface area contributed by atoms with Gasteiger partial charge in [0.05, 0.1) is 23.9 Å². The van der Waals surface area contributed by atoms with Gasteiger partial charge in [-0.2, -0.15) is 0 Å². The maximum atomic E-state index is 12.9. The Morgan fingerprint density at radius 2 is 2.03 bits per heavy atom. The Hall–Kier alpha value is -2.64. The number of hydrogen-bond donors (Lipinski definition) is 2. The first-order valence-corrected chi connectivity index (χ1v) is 12.6. The van der Waals surface area contributed by atoms with Gasteiger partial charge in [0.2, 0.25) is 5.91 Å². The van der Waals surface area contributed by atoms with E-state index in [0.717, 1.165) is 31.4 Å². The molecule has 2 heterocycles. The second-order valence-electron chi connectivity index (χ2n) is 10.4. The molecular weight excluding hydrogens is 444 g/mol. The van der Waals surface area contributed by atoms with Gasteiger partial charge in [-0.3, -0.25) is 4.79 Å². The maximum absolute atomic E-state index is 12.9. The molecule has 3 fully saturated rings. The summed E-state index contributed by atoms with van der Waals surface area (Å²) in [5.74, 6) is -0.0910. The highest BCUT2D eigenvalue weighted by Crippen LogP contribution is 2.59. The molecule has 0 aromatic heterocycles. The van der Waals surface area contributed by atoms with Gasteiger partial charge < -0.3 is 24.8 Å². The minimum Gasteiger partial charge on any atom is -0.446 e. The summed E-state index contributed by atoms with van der Waals surface area (Å²) < 4.78 is 18.0. The topological polar surface area (TPSA) is 92.5 Å². The van der Waals surface area contributed by atoms with Crippen molar-refractivity contribution in [2.45, 2.75) is 82.3 Å². The van der Waals surface area contributed by atoms with E-state index in [1.807, 2.05) is 30.3 Å². The van der Waals surface area contributed by atoms with E-state index in [9.17, 15) is 9.59 Å². The van der Waals surface area contributed by atoms with Gasteiger partial charge in [0.25, 0.3) is 0 Å². The Bertz CT molecular complexity index is 953. The van der Waals surface area contributed by atoms with E-state index in [-0.39, 0.29) is 35.2 Å². The molecule has 190 valence electrons. The van der Waals surface area contributed by atoms with Crippen molar-refractivity contribution in [3.05, 3.63) is 60.2 Å². The fraction of sp³-hybridized carbons (Fsp3) is 0.571. The van der Waals surface area contributed by atoms with Crippen LogP contribution in [-0.4, -0.2) is 54.6 Å². The Labute approximate surface area is 208 Å². The molecule has 2 saturated heterocycles. The molecule has 6 atom stereocenters. The Balaban J connectivity index is 1.36. The number of amides is 2. The molecule has 2 N–H and O–H groups in total. The third-order valence-corrected chi connectivity index (χ3v) is 7.53. The zero-order valence-corrected chi connectivity index (χ0v) is 21.0. The van der Waals surface area contributed by atoms with Crippen LogP contribution in [0.2, 0.25) is 0 Å². The second-order valence-corrected chi connectivity index (χ2v) is 10.4. The lowest BCUT2D eigenvalue weighted by atomic mass is 9.70. The van der Waals surface area contributed by atoms with E-state index in [2.05, 4.69) is 44.1 Å². The summed E-state index contributed by atoms with van der Waals surface area (Å²) in [6.45, 7) is 11.1. The van der Waals surface area contributed by atoms with Crippen LogP contribution < -0.4 is 10.6 Å². The lowest BCUT2D eigenvalue weighted by Gasteiger charge is -2.36. The first kappa shape index (κ1) is 25.5. The summed E-state index contributed by atoms with van der Waals surface area (Å²) in [6, 6.07) is 8.88. The number of hydrogen-bond acceptors (Lipinski definition) is 5. The molecule has 2 aliphatic heterocycles. The van der Waals surface area contributed by atoms with Crippen LogP contribution in [0.5, 0.6) is 0 Å². The van der Waals surface area contributed by atoms with Gasteiger partial charge in [-0.1, -0.05) is 48.1 Å². The summed E-state index contributed by atoms with van der Waals surface area (Å²) in [5.41, 5.74) is 1.83. The first-order chi connectivity index (χ1) is 16.8. The summed E-state index contributed by atoms with van der Waals surface area (Å²) in [4.78, 5) is 25.6. The average molecular weight is 483 g/mol. The Kier molecular flexibility index (Phi) is 7.67. The molecule has 7 heteroatoms. The second kappa shape index (κ2) is 10.5. The molecule has 0 bridgehead atoms. The van der Waals surface area contributed by atoms with E-state index in [1.54, 1.807) is 6.08 Å². The minimum atomic E-state index is -0.736. The molecule has 1 aromatic rings. The number of carbonyl (C=O) groups excluding carboxylic acids is 2. The van der Waals surface area contributed by atoms with Crippen LogP contribution >= 0.6 is 0 Å². The molecule has 3 aliphatic rings. The van der Waals surface area contributed by atoms with E-state index in [0.29, 0.717) is 19.4 Å². The van der Waals surface area contributed by atoms with Gasteiger partial charge in [-0.05, 0) is 52.0 Å². The van der Waals surface area contributed by atoms with Crippen LogP contribution in [0.4, 0.5) is 4.79 Å². The maximum Gasteiger partial charge on any atom is 0.408 e. The third-order valence-electron chi connectivity index (χ3n) is 7.53. The van der Waals surface area contributed by atoms with Crippen LogP contribution in [0.15, 0.2) is 54.6 Å². The quantitative estimate of drug-likeness (QED) is 0.387. The van der Waals surface area contributed by atoms with Crippen LogP contribution in [0, 0.1) is 5.92 Å². The Morgan fingerprint density at radius 1 is 1.29 bits per heavy atom. The van der Waals surface area contributed by atoms with E-state index in [4.69, 9.17) is 14.2 Å². The number of nitrogens with one attached hydrogen (secondary N) is 2. The van der Waals surface area contributed by atoms with Crippen molar-refractivity contribution in [3.8, 4) is 0 Å². The highest BCUT2D eigenvalue weighted by molar-refractivity contribution is 5.86. The Morgan fingerprint density at radius 3 is 2.69 bits per heavy atom. The standard InChI is InChI=1S/C28H38N2O5/c1-5-15-29-25(31)22(16-20-9-7-6-8-10-20)30-26(32)34-21-13-14-28(18-33-28)23(17-21)27(4)24(35-27)12-11-19(2)3/h5-11,21-24H,1,12-18H2,2-4H3,(H,29,31)(H,30,32)/t21-,22+,23-,24-,27?,28+/m1/s1. The van der Waals surface area contributed by atoms with Crippen LogP contribution in [-0.2, 0) is 25.4 Å². The van der Waals surface area contributed by atoms with Crippen LogP contribution in [0.3, 0.4) is 0 Å². The molecule has 1 saturated carbocycles. The monoisotopic (exact) mass is 482 g/mol. The lowest BCUT2D eigenvalue weighted by Crippen LogP contribution is -2.50. The van der Waals surface area contributed by atoms with E-state index < -0.39 is 12.1 Å². The average Bonchev–Trinajstić information content (AvgIpc) is 3.75. The van der Waals surface area contributed by atoms with Gasteiger partial charge >= 0.3 is 6.09 Å². The molecule has 35 heavy (non-hydrogen) atoms. The molecule has 1 aromatic carbocycles. The number of carbonyl (C=O) groups is 2. The van der Waals surface area contributed by atoms with E-state index >= 15 is 0 Å². The summed E-state index contributed by atoms with van der Waals surface area (Å²) >= 11 is 0. The zero-order valence-electron chi connectivity index (χ0n) is 21.0. The predicted molar refractivity (Wildman–Crippen MR) is 134 cm³/mol. The number of epoxide rings is 2. The fourth-order valence-electron chi connectivity index (χ4n) is 5.36. The molecule has 2 amide bonds. The SMILES string of the molecule is C=CCNC(=O)[C@H](Cc1ccccc1)NC(=O)O[C@@H]1CC[C@]2(CO2)[C@@H](C2(C)O[C@@H]2CC=C(C)C)C1. The summed E-state index contributed by atoms with van der Waals surface area (Å²) in [7, 11) is 0. The minimum absolute atomic E-state index is 0.148. The molecule has 1 aliphatic carbocycles. The van der Waals surface area contributed by atoms with Crippen molar-refractivity contribution in [2.24, 2.45) is 5.92 Å². The van der Waals surface area contributed by atoms with Gasteiger partial charge in [0.15, 0.2) is 0 Å². The number of benzene rings is 1. The summed E-state index contributed by atoms with van der Waals surface area (Å²) in [5, 5.41) is 5.57. The summed E-state index contributed by atoms with van der Waals surface area (Å²) in [6.07, 6.45) is 6.72. The van der Waals surface area contributed by atoms with Gasteiger partial charge in [0.1, 0.15) is 12.1 Å². The highest BCUT2D eigenvalue weighted by atomic mass is 16.6. The van der Waals surface area contributed by atoms with Crippen molar-refractivity contribution >= 4 is 12.0 Å².